The molecule has 3 nitrogen and oxygen atoms in total. The molecule has 1 saturated carbocycles. The number of hydrogen-bond donors (Lipinski definition) is 1. The summed E-state index contributed by atoms with van der Waals surface area (Å²) in [4.78, 5) is 0. The molecule has 4 atom stereocenters. The molecule has 0 aromatic carbocycles. The van der Waals surface area contributed by atoms with Crippen LogP contribution in [0.15, 0.2) is 0 Å². The Bertz CT molecular complexity index is 257. The summed E-state index contributed by atoms with van der Waals surface area (Å²) in [6.07, 6.45) is 2.71. The van der Waals surface area contributed by atoms with Crippen molar-refractivity contribution in [2.45, 2.75) is 72.6 Å². The minimum atomic E-state index is 0.273. The van der Waals surface area contributed by atoms with E-state index in [4.69, 9.17) is 9.47 Å². The van der Waals surface area contributed by atoms with Gasteiger partial charge in [0.1, 0.15) is 0 Å². The Kier molecular flexibility index (Phi) is 6.78. The predicted molar refractivity (Wildman–Crippen MR) is 80.5 cm³/mol. The van der Waals surface area contributed by atoms with Gasteiger partial charge in [0.15, 0.2) is 0 Å². The molecule has 0 amide bonds. The van der Waals surface area contributed by atoms with Crippen LogP contribution in [0.1, 0.15) is 54.4 Å². The fourth-order valence-corrected chi connectivity index (χ4v) is 2.94. The maximum atomic E-state index is 5.87. The molecule has 1 aliphatic carbocycles. The minimum absolute atomic E-state index is 0.273. The van der Waals surface area contributed by atoms with Gasteiger partial charge in [-0.05, 0) is 32.6 Å². The van der Waals surface area contributed by atoms with Crippen molar-refractivity contribution in [2.75, 3.05) is 19.8 Å². The zero-order valence-electron chi connectivity index (χ0n) is 13.7. The van der Waals surface area contributed by atoms with E-state index in [0.717, 1.165) is 32.7 Å². The molecule has 1 rings (SSSR count). The van der Waals surface area contributed by atoms with Crippen molar-refractivity contribution in [1.29, 1.82) is 0 Å². The van der Waals surface area contributed by atoms with Gasteiger partial charge in [0, 0.05) is 30.7 Å². The zero-order valence-corrected chi connectivity index (χ0v) is 13.7. The summed E-state index contributed by atoms with van der Waals surface area (Å²) in [7, 11) is 0. The van der Waals surface area contributed by atoms with Crippen LogP contribution in [-0.2, 0) is 9.47 Å². The predicted octanol–water partition coefficient (Wildman–Crippen LogP) is 3.23. The zero-order chi connectivity index (χ0) is 14.5. The number of nitrogens with one attached hydrogen (secondary N) is 1. The Morgan fingerprint density at radius 2 is 1.89 bits per heavy atom. The van der Waals surface area contributed by atoms with Gasteiger partial charge in [-0.1, -0.05) is 27.7 Å². The lowest BCUT2D eigenvalue weighted by Crippen LogP contribution is -2.65. The lowest BCUT2D eigenvalue weighted by atomic mass is 9.61. The fourth-order valence-electron chi connectivity index (χ4n) is 2.94. The summed E-state index contributed by atoms with van der Waals surface area (Å²) in [5.74, 6) is 0.596. The highest BCUT2D eigenvalue weighted by atomic mass is 16.5. The molecular formula is C16H33NO2. The van der Waals surface area contributed by atoms with Gasteiger partial charge in [-0.25, -0.2) is 0 Å². The number of ether oxygens (including phenoxy) is 2. The number of rotatable bonds is 9. The minimum Gasteiger partial charge on any atom is -0.380 e. The van der Waals surface area contributed by atoms with Crippen molar-refractivity contribution >= 4 is 0 Å². The third kappa shape index (κ3) is 3.93. The first-order chi connectivity index (χ1) is 8.99. The van der Waals surface area contributed by atoms with Gasteiger partial charge < -0.3 is 14.8 Å². The first kappa shape index (κ1) is 16.9. The molecule has 1 fully saturated rings. The van der Waals surface area contributed by atoms with E-state index in [-0.39, 0.29) is 5.41 Å². The van der Waals surface area contributed by atoms with Gasteiger partial charge in [0.05, 0.1) is 12.7 Å². The van der Waals surface area contributed by atoms with Gasteiger partial charge in [-0.15, -0.1) is 0 Å². The summed E-state index contributed by atoms with van der Waals surface area (Å²) >= 11 is 0. The van der Waals surface area contributed by atoms with E-state index in [9.17, 15) is 0 Å². The first-order valence-electron chi connectivity index (χ1n) is 7.94. The third-order valence-corrected chi connectivity index (χ3v) is 4.83. The fraction of sp³-hybridized carbons (Fsp3) is 1.00. The van der Waals surface area contributed by atoms with Gasteiger partial charge in [0.25, 0.3) is 0 Å². The molecular weight excluding hydrogens is 238 g/mol. The van der Waals surface area contributed by atoms with E-state index in [0.29, 0.717) is 24.1 Å². The first-order valence-corrected chi connectivity index (χ1v) is 7.94. The molecule has 0 bridgehead atoms. The Labute approximate surface area is 119 Å². The molecule has 4 unspecified atom stereocenters. The highest BCUT2D eigenvalue weighted by molar-refractivity contribution is 5.05. The molecule has 114 valence electrons. The molecule has 19 heavy (non-hydrogen) atoms. The van der Waals surface area contributed by atoms with Crippen molar-refractivity contribution in [3.8, 4) is 0 Å². The molecule has 1 aliphatic rings. The average Bonchev–Trinajstić information content (AvgIpc) is 2.39. The van der Waals surface area contributed by atoms with Crippen LogP contribution in [0.25, 0.3) is 0 Å². The van der Waals surface area contributed by atoms with Gasteiger partial charge in [-0.2, -0.15) is 0 Å². The Hall–Kier alpha value is -0.120. The summed E-state index contributed by atoms with van der Waals surface area (Å²) in [6.45, 7) is 15.7. The van der Waals surface area contributed by atoms with Crippen LogP contribution in [0.3, 0.4) is 0 Å². The van der Waals surface area contributed by atoms with Crippen LogP contribution in [0.5, 0.6) is 0 Å². The largest absolute Gasteiger partial charge is 0.380 e. The lowest BCUT2D eigenvalue weighted by molar-refractivity contribution is -0.130. The van der Waals surface area contributed by atoms with Crippen molar-refractivity contribution in [2.24, 2.45) is 11.3 Å². The second-order valence-electron chi connectivity index (χ2n) is 6.27. The smallest absolute Gasteiger partial charge is 0.0658 e. The number of hydrogen-bond acceptors (Lipinski definition) is 3. The highest BCUT2D eigenvalue weighted by Crippen LogP contribution is 2.46. The van der Waals surface area contributed by atoms with E-state index in [2.05, 4.69) is 46.9 Å². The van der Waals surface area contributed by atoms with Crippen molar-refractivity contribution in [3.63, 3.8) is 0 Å². The van der Waals surface area contributed by atoms with E-state index in [1.54, 1.807) is 0 Å². The Morgan fingerprint density at radius 1 is 1.21 bits per heavy atom. The quantitative estimate of drug-likeness (QED) is 0.698. The third-order valence-electron chi connectivity index (χ3n) is 4.83. The Balaban J connectivity index is 2.55. The molecule has 3 heteroatoms. The monoisotopic (exact) mass is 271 g/mol. The maximum Gasteiger partial charge on any atom is 0.0658 e. The highest BCUT2D eigenvalue weighted by Gasteiger charge is 2.51. The van der Waals surface area contributed by atoms with Crippen LogP contribution in [0.4, 0.5) is 0 Å². The topological polar surface area (TPSA) is 30.5 Å². The molecule has 0 aromatic heterocycles. The summed E-state index contributed by atoms with van der Waals surface area (Å²) in [5, 5.41) is 3.81. The molecule has 0 heterocycles. The van der Waals surface area contributed by atoms with E-state index in [1.807, 2.05) is 0 Å². The average molecular weight is 271 g/mol. The molecule has 0 radical (unpaired) electrons. The summed E-state index contributed by atoms with van der Waals surface area (Å²) in [6, 6.07) is 1.00. The van der Waals surface area contributed by atoms with Crippen molar-refractivity contribution in [3.05, 3.63) is 0 Å². The van der Waals surface area contributed by atoms with Crippen LogP contribution in [0.2, 0.25) is 0 Å². The summed E-state index contributed by atoms with van der Waals surface area (Å²) < 4.78 is 11.5. The van der Waals surface area contributed by atoms with Crippen LogP contribution < -0.4 is 5.32 Å². The van der Waals surface area contributed by atoms with Crippen LogP contribution in [0, 0.1) is 11.3 Å². The van der Waals surface area contributed by atoms with E-state index >= 15 is 0 Å². The van der Waals surface area contributed by atoms with Gasteiger partial charge in [-0.3, -0.25) is 0 Å². The second kappa shape index (κ2) is 7.61. The molecule has 0 aromatic rings. The SMILES string of the molecule is CCOCC(NC1CC(OCC)C1(C)CC)C(C)C. The van der Waals surface area contributed by atoms with Crippen LogP contribution >= 0.6 is 0 Å². The molecule has 0 spiro atoms. The Morgan fingerprint density at radius 3 is 2.37 bits per heavy atom. The molecule has 0 saturated heterocycles. The maximum absolute atomic E-state index is 5.87. The van der Waals surface area contributed by atoms with Gasteiger partial charge in [0.2, 0.25) is 0 Å². The van der Waals surface area contributed by atoms with Crippen LogP contribution in [-0.4, -0.2) is 38.0 Å². The van der Waals surface area contributed by atoms with Crippen molar-refractivity contribution < 1.29 is 9.47 Å². The standard InChI is InChI=1S/C16H33NO2/c1-7-16(6)14(10-15(16)19-9-3)17-13(12(4)5)11-18-8-2/h12-15,17H,7-11H2,1-6H3. The molecule has 1 N–H and O–H groups in total. The van der Waals surface area contributed by atoms with Gasteiger partial charge >= 0.3 is 0 Å². The lowest BCUT2D eigenvalue weighted by Gasteiger charge is -2.55. The second-order valence-corrected chi connectivity index (χ2v) is 6.27. The van der Waals surface area contributed by atoms with Crippen molar-refractivity contribution in [1.82, 2.24) is 5.32 Å². The van der Waals surface area contributed by atoms with E-state index < -0.39 is 0 Å². The van der Waals surface area contributed by atoms with E-state index in [1.165, 1.54) is 0 Å². The summed E-state index contributed by atoms with van der Waals surface area (Å²) in [5.41, 5.74) is 0.273. The molecule has 0 aliphatic heterocycles. The normalized spacial score (nSPS) is 32.4.